The first-order valence-electron chi connectivity index (χ1n) is 10.1. The van der Waals surface area contributed by atoms with E-state index in [0.29, 0.717) is 18.7 Å². The number of halogens is 1. The molecule has 150 valence electrons. The van der Waals surface area contributed by atoms with Crippen molar-refractivity contribution < 1.29 is 9.84 Å². The molecule has 5 nitrogen and oxygen atoms in total. The topological polar surface area (TPSA) is 48.8 Å². The molecule has 0 unspecified atom stereocenters. The molecule has 0 aliphatic carbocycles. The highest BCUT2D eigenvalue weighted by molar-refractivity contribution is 6.30. The second kappa shape index (κ2) is 9.23. The molecule has 28 heavy (non-hydrogen) atoms. The predicted molar refractivity (Wildman–Crippen MR) is 112 cm³/mol. The fourth-order valence-electron chi connectivity index (χ4n) is 4.37. The second-order valence-electron chi connectivity index (χ2n) is 7.73. The second-order valence-corrected chi connectivity index (χ2v) is 8.16. The van der Waals surface area contributed by atoms with Crippen molar-refractivity contribution >= 4 is 17.4 Å². The van der Waals surface area contributed by atoms with Gasteiger partial charge in [-0.05, 0) is 49.1 Å². The molecule has 1 N–H and O–H groups in total. The minimum atomic E-state index is -0.0877. The molecular weight excluding hydrogens is 374 g/mol. The lowest BCUT2D eigenvalue weighted by atomic mass is 9.96. The molecule has 6 heteroatoms. The van der Waals surface area contributed by atoms with E-state index in [9.17, 15) is 5.11 Å². The number of aliphatic hydroxyl groups is 1. The lowest BCUT2D eigenvalue weighted by Gasteiger charge is -2.46. The monoisotopic (exact) mass is 401 g/mol. The van der Waals surface area contributed by atoms with Crippen LogP contribution in [-0.2, 0) is 11.2 Å². The smallest absolute Gasteiger partial charge is 0.128 e. The Morgan fingerprint density at radius 3 is 2.57 bits per heavy atom. The zero-order valence-electron chi connectivity index (χ0n) is 16.1. The molecule has 4 rings (SSSR count). The fraction of sp³-hybridized carbons (Fsp3) is 0.500. The zero-order chi connectivity index (χ0) is 19.3. The van der Waals surface area contributed by atoms with E-state index in [2.05, 4.69) is 33.0 Å². The maximum absolute atomic E-state index is 9.62. The first-order chi connectivity index (χ1) is 13.7. The highest BCUT2D eigenvalue weighted by Gasteiger charge is 2.35. The Bertz CT molecular complexity index is 735. The molecule has 2 aliphatic rings. The average molecular weight is 402 g/mol. The number of aliphatic hydroxyl groups excluding tert-OH is 1. The van der Waals surface area contributed by atoms with Crippen molar-refractivity contribution in [3.63, 3.8) is 0 Å². The van der Waals surface area contributed by atoms with Crippen LogP contribution in [0, 0.1) is 0 Å². The fourth-order valence-corrected chi connectivity index (χ4v) is 4.50. The molecule has 0 spiro atoms. The summed E-state index contributed by atoms with van der Waals surface area (Å²) >= 11 is 6.03. The molecule has 2 aliphatic heterocycles. The molecule has 1 aromatic carbocycles. The summed E-state index contributed by atoms with van der Waals surface area (Å²) in [6, 6.07) is 15.0. The molecule has 2 aromatic rings. The van der Waals surface area contributed by atoms with Gasteiger partial charge in [0.05, 0.1) is 19.3 Å². The Labute approximate surface area is 171 Å². The van der Waals surface area contributed by atoms with Gasteiger partial charge < -0.3 is 14.7 Å². The van der Waals surface area contributed by atoms with Gasteiger partial charge in [0.15, 0.2) is 0 Å². The van der Waals surface area contributed by atoms with Crippen LogP contribution in [0.5, 0.6) is 0 Å². The first-order valence-corrected chi connectivity index (χ1v) is 10.5. The van der Waals surface area contributed by atoms with Crippen LogP contribution in [0.2, 0.25) is 5.02 Å². The van der Waals surface area contributed by atoms with E-state index in [-0.39, 0.29) is 12.7 Å². The van der Waals surface area contributed by atoms with Crippen molar-refractivity contribution in [2.45, 2.75) is 37.5 Å². The highest BCUT2D eigenvalue weighted by atomic mass is 35.5. The highest BCUT2D eigenvalue weighted by Crippen LogP contribution is 2.26. The Balaban J connectivity index is 1.42. The number of morpholine rings is 1. The number of hydrogen-bond acceptors (Lipinski definition) is 5. The van der Waals surface area contributed by atoms with Crippen molar-refractivity contribution in [3.8, 4) is 0 Å². The maximum atomic E-state index is 9.62. The Morgan fingerprint density at radius 2 is 1.89 bits per heavy atom. The summed E-state index contributed by atoms with van der Waals surface area (Å²) in [5.41, 5.74) is 1.27. The van der Waals surface area contributed by atoms with Crippen LogP contribution in [0.15, 0.2) is 48.7 Å². The molecule has 0 amide bonds. The summed E-state index contributed by atoms with van der Waals surface area (Å²) < 4.78 is 5.91. The van der Waals surface area contributed by atoms with Gasteiger partial charge in [-0.3, -0.25) is 4.90 Å². The number of nitrogens with zero attached hydrogens (tertiary/aromatic N) is 3. The summed E-state index contributed by atoms with van der Waals surface area (Å²) in [5.74, 6) is 1.06. The van der Waals surface area contributed by atoms with E-state index in [1.165, 1.54) is 5.56 Å². The normalized spacial score (nSPS) is 24.4. The van der Waals surface area contributed by atoms with Gasteiger partial charge in [-0.15, -0.1) is 0 Å². The number of ether oxygens (including phenoxy) is 1. The molecule has 2 saturated heterocycles. The van der Waals surface area contributed by atoms with Crippen LogP contribution in [0.3, 0.4) is 0 Å². The summed E-state index contributed by atoms with van der Waals surface area (Å²) in [6.07, 6.45) is 4.92. The van der Waals surface area contributed by atoms with E-state index in [1.54, 1.807) is 0 Å². The molecule has 0 radical (unpaired) electrons. The summed E-state index contributed by atoms with van der Waals surface area (Å²) in [4.78, 5) is 9.44. The Hall–Kier alpha value is -1.66. The SMILES string of the molecule is OC[C@H]1CN(C2CCN(c3ccccn3)CC2)[C@@H](Cc2ccc(Cl)cc2)CO1. The zero-order valence-corrected chi connectivity index (χ0v) is 16.8. The van der Waals surface area contributed by atoms with Gasteiger partial charge in [0.2, 0.25) is 0 Å². The van der Waals surface area contributed by atoms with Crippen molar-refractivity contribution in [1.29, 1.82) is 0 Å². The lowest BCUT2D eigenvalue weighted by molar-refractivity contribution is -0.0979. The molecule has 3 heterocycles. The molecule has 2 atom stereocenters. The van der Waals surface area contributed by atoms with Crippen molar-refractivity contribution in [3.05, 3.63) is 59.2 Å². The van der Waals surface area contributed by atoms with Crippen LogP contribution >= 0.6 is 11.6 Å². The van der Waals surface area contributed by atoms with Gasteiger partial charge in [0.1, 0.15) is 5.82 Å². The Kier molecular flexibility index (Phi) is 6.47. The third kappa shape index (κ3) is 4.66. The van der Waals surface area contributed by atoms with Crippen LogP contribution < -0.4 is 4.90 Å². The van der Waals surface area contributed by atoms with Crippen molar-refractivity contribution in [2.24, 2.45) is 0 Å². The predicted octanol–water partition coefficient (Wildman–Crippen LogP) is 3.01. The van der Waals surface area contributed by atoms with Crippen LogP contribution in [0.4, 0.5) is 5.82 Å². The van der Waals surface area contributed by atoms with Gasteiger partial charge in [-0.1, -0.05) is 29.8 Å². The third-order valence-corrected chi connectivity index (χ3v) is 6.15. The van der Waals surface area contributed by atoms with Gasteiger partial charge in [-0.2, -0.15) is 0 Å². The van der Waals surface area contributed by atoms with Gasteiger partial charge in [-0.25, -0.2) is 4.98 Å². The molecular formula is C22H28ClN3O2. The van der Waals surface area contributed by atoms with E-state index < -0.39 is 0 Å². The number of pyridine rings is 1. The number of anilines is 1. The quantitative estimate of drug-likeness (QED) is 0.834. The molecule has 1 aromatic heterocycles. The van der Waals surface area contributed by atoms with Crippen LogP contribution in [-0.4, -0.2) is 66.0 Å². The Morgan fingerprint density at radius 1 is 1.11 bits per heavy atom. The van der Waals surface area contributed by atoms with Crippen LogP contribution in [0.1, 0.15) is 18.4 Å². The largest absolute Gasteiger partial charge is 0.394 e. The van der Waals surface area contributed by atoms with Gasteiger partial charge in [0, 0.05) is 42.9 Å². The number of benzene rings is 1. The minimum Gasteiger partial charge on any atom is -0.394 e. The van der Waals surface area contributed by atoms with E-state index in [4.69, 9.17) is 16.3 Å². The van der Waals surface area contributed by atoms with E-state index in [0.717, 1.165) is 49.7 Å². The summed E-state index contributed by atoms with van der Waals surface area (Å²) in [5, 5.41) is 10.4. The van der Waals surface area contributed by atoms with E-state index >= 15 is 0 Å². The van der Waals surface area contributed by atoms with Gasteiger partial charge >= 0.3 is 0 Å². The van der Waals surface area contributed by atoms with Gasteiger partial charge in [0.25, 0.3) is 0 Å². The summed E-state index contributed by atoms with van der Waals surface area (Å²) in [6.45, 7) is 3.56. The standard InChI is InChI=1S/C22H28ClN3O2/c23-18-6-4-17(5-7-18)13-20-16-28-21(15-27)14-26(20)19-8-11-25(12-9-19)22-3-1-2-10-24-22/h1-7,10,19-21,27H,8-9,11-16H2/t20-,21+/m0/s1. The third-order valence-electron chi connectivity index (χ3n) is 5.90. The number of hydrogen-bond donors (Lipinski definition) is 1. The lowest BCUT2D eigenvalue weighted by Crippen LogP contribution is -2.57. The summed E-state index contributed by atoms with van der Waals surface area (Å²) in [7, 11) is 0. The molecule has 0 saturated carbocycles. The number of piperidine rings is 1. The molecule has 0 bridgehead atoms. The first kappa shape index (κ1) is 19.6. The maximum Gasteiger partial charge on any atom is 0.128 e. The average Bonchev–Trinajstić information content (AvgIpc) is 2.76. The van der Waals surface area contributed by atoms with Crippen LogP contribution in [0.25, 0.3) is 0 Å². The van der Waals surface area contributed by atoms with E-state index in [1.807, 2.05) is 30.5 Å². The number of aromatic nitrogens is 1. The van der Waals surface area contributed by atoms with Crippen molar-refractivity contribution in [1.82, 2.24) is 9.88 Å². The molecule has 2 fully saturated rings. The number of rotatable bonds is 5. The van der Waals surface area contributed by atoms with Crippen molar-refractivity contribution in [2.75, 3.05) is 37.7 Å². The minimum absolute atomic E-state index is 0.0803.